The smallest absolute Gasteiger partial charge is 0.193 e. The molecule has 0 saturated carbocycles. The van der Waals surface area contributed by atoms with E-state index in [4.69, 9.17) is 4.74 Å². The summed E-state index contributed by atoms with van der Waals surface area (Å²) in [6.45, 7) is 6.73. The lowest BCUT2D eigenvalue weighted by Crippen LogP contribution is -2.53. The summed E-state index contributed by atoms with van der Waals surface area (Å²) in [6, 6.07) is 15.5. The number of benzene rings is 2. The number of rotatable bonds is 5. The van der Waals surface area contributed by atoms with Crippen LogP contribution in [0.5, 0.6) is 11.5 Å². The van der Waals surface area contributed by atoms with Gasteiger partial charge in [0.15, 0.2) is 5.96 Å². The normalized spacial score (nSPS) is 15.0. The number of nitrogens with zero attached hydrogens (tertiary/aromatic N) is 3. The molecule has 6 heteroatoms. The fourth-order valence-corrected chi connectivity index (χ4v) is 3.27. The average molecular weight is 368 g/mol. The van der Waals surface area contributed by atoms with E-state index in [1.807, 2.05) is 49.4 Å². The molecule has 0 atom stereocenters. The number of phenols is 1. The second kappa shape index (κ2) is 9.16. The molecule has 2 aromatic rings. The number of ether oxygens (including phenoxy) is 1. The van der Waals surface area contributed by atoms with Gasteiger partial charge >= 0.3 is 0 Å². The number of guanidine groups is 1. The molecule has 0 spiro atoms. The lowest BCUT2D eigenvalue weighted by atomic mass is 10.2. The highest BCUT2D eigenvalue weighted by molar-refractivity contribution is 5.80. The van der Waals surface area contributed by atoms with Crippen LogP contribution in [0.4, 0.5) is 5.69 Å². The summed E-state index contributed by atoms with van der Waals surface area (Å²) in [4.78, 5) is 8.85. The van der Waals surface area contributed by atoms with E-state index in [1.165, 1.54) is 0 Å². The van der Waals surface area contributed by atoms with Crippen molar-refractivity contribution in [1.82, 2.24) is 10.2 Å². The van der Waals surface area contributed by atoms with E-state index in [9.17, 15) is 5.11 Å². The Kier molecular flexibility index (Phi) is 6.41. The number of nitrogens with one attached hydrogen (secondary N) is 1. The van der Waals surface area contributed by atoms with Crippen LogP contribution >= 0.6 is 0 Å². The van der Waals surface area contributed by atoms with E-state index in [0.29, 0.717) is 18.9 Å². The van der Waals surface area contributed by atoms with Gasteiger partial charge < -0.3 is 25.0 Å². The number of phenolic OH excluding ortho intramolecular Hbond substituents is 1. The maximum absolute atomic E-state index is 10.0. The molecule has 0 amide bonds. The summed E-state index contributed by atoms with van der Waals surface area (Å²) in [7, 11) is 1.81. The maximum Gasteiger partial charge on any atom is 0.193 e. The van der Waals surface area contributed by atoms with Crippen molar-refractivity contribution < 1.29 is 9.84 Å². The summed E-state index contributed by atoms with van der Waals surface area (Å²) < 4.78 is 5.84. The van der Waals surface area contributed by atoms with Gasteiger partial charge in [-0.05, 0) is 30.7 Å². The predicted octanol–water partition coefficient (Wildman–Crippen LogP) is 2.48. The molecule has 0 aromatic heterocycles. The van der Waals surface area contributed by atoms with E-state index >= 15 is 0 Å². The molecule has 1 saturated heterocycles. The first-order valence-corrected chi connectivity index (χ1v) is 9.36. The molecule has 1 aliphatic rings. The zero-order valence-electron chi connectivity index (χ0n) is 16.1. The van der Waals surface area contributed by atoms with E-state index in [1.54, 1.807) is 13.1 Å². The fraction of sp³-hybridized carbons (Fsp3) is 0.381. The van der Waals surface area contributed by atoms with Crippen LogP contribution in [0.15, 0.2) is 53.5 Å². The van der Waals surface area contributed by atoms with Gasteiger partial charge in [-0.15, -0.1) is 0 Å². The molecule has 1 aliphatic heterocycles. The lowest BCUT2D eigenvalue weighted by molar-refractivity contribution is 0.313. The molecular weight excluding hydrogens is 340 g/mol. The van der Waals surface area contributed by atoms with Crippen LogP contribution in [0.2, 0.25) is 0 Å². The third-order valence-corrected chi connectivity index (χ3v) is 4.75. The number of piperazine rings is 1. The van der Waals surface area contributed by atoms with Crippen LogP contribution in [-0.2, 0) is 0 Å². The van der Waals surface area contributed by atoms with Crippen LogP contribution in [0.25, 0.3) is 0 Å². The third kappa shape index (κ3) is 4.84. The highest BCUT2D eigenvalue weighted by Crippen LogP contribution is 2.27. The van der Waals surface area contributed by atoms with Crippen molar-refractivity contribution in [3.8, 4) is 11.5 Å². The minimum absolute atomic E-state index is 0.335. The van der Waals surface area contributed by atoms with Crippen LogP contribution in [0, 0.1) is 6.92 Å². The predicted molar refractivity (Wildman–Crippen MR) is 110 cm³/mol. The zero-order valence-corrected chi connectivity index (χ0v) is 16.1. The van der Waals surface area contributed by atoms with Gasteiger partial charge in [0.2, 0.25) is 0 Å². The Morgan fingerprint density at radius 2 is 1.78 bits per heavy atom. The minimum Gasteiger partial charge on any atom is -0.506 e. The lowest BCUT2D eigenvalue weighted by Gasteiger charge is -2.37. The maximum atomic E-state index is 10.0. The Labute approximate surface area is 161 Å². The van der Waals surface area contributed by atoms with Crippen molar-refractivity contribution in [1.29, 1.82) is 0 Å². The van der Waals surface area contributed by atoms with E-state index in [0.717, 1.165) is 49.1 Å². The Bertz CT molecular complexity index is 770. The SMILES string of the molecule is CN=C(NCCOc1ccccc1C)N1CCN(c2ccccc2O)CC1. The van der Waals surface area contributed by atoms with Crippen LogP contribution < -0.4 is 15.0 Å². The van der Waals surface area contributed by atoms with Crippen LogP contribution in [0.3, 0.4) is 0 Å². The van der Waals surface area contributed by atoms with Gasteiger partial charge in [-0.2, -0.15) is 0 Å². The van der Waals surface area contributed by atoms with Crippen molar-refractivity contribution in [2.75, 3.05) is 51.3 Å². The highest BCUT2D eigenvalue weighted by atomic mass is 16.5. The third-order valence-electron chi connectivity index (χ3n) is 4.75. The molecule has 0 aliphatic carbocycles. The monoisotopic (exact) mass is 368 g/mol. The highest BCUT2D eigenvalue weighted by Gasteiger charge is 2.21. The molecule has 27 heavy (non-hydrogen) atoms. The molecule has 1 heterocycles. The molecule has 1 fully saturated rings. The average Bonchev–Trinajstić information content (AvgIpc) is 2.70. The molecule has 0 bridgehead atoms. The van der Waals surface area contributed by atoms with Crippen molar-refractivity contribution in [2.24, 2.45) is 4.99 Å². The number of aliphatic imine (C=N–C) groups is 1. The first-order chi connectivity index (χ1) is 13.2. The van der Waals surface area contributed by atoms with Crippen LogP contribution in [0.1, 0.15) is 5.56 Å². The summed E-state index contributed by atoms with van der Waals surface area (Å²) in [5.41, 5.74) is 2.04. The van der Waals surface area contributed by atoms with E-state index in [2.05, 4.69) is 20.1 Å². The molecule has 3 rings (SSSR count). The van der Waals surface area contributed by atoms with Gasteiger partial charge in [-0.25, -0.2) is 0 Å². The minimum atomic E-state index is 0.335. The summed E-state index contributed by atoms with van der Waals surface area (Å²) in [5.74, 6) is 2.15. The summed E-state index contributed by atoms with van der Waals surface area (Å²) in [6.07, 6.45) is 0. The van der Waals surface area contributed by atoms with Gasteiger partial charge in [-0.3, -0.25) is 4.99 Å². The molecule has 2 aromatic carbocycles. The quantitative estimate of drug-likeness (QED) is 0.482. The Hall–Kier alpha value is -2.89. The molecule has 6 nitrogen and oxygen atoms in total. The van der Waals surface area contributed by atoms with Crippen LogP contribution in [-0.4, -0.2) is 62.3 Å². The van der Waals surface area contributed by atoms with Crippen molar-refractivity contribution in [3.05, 3.63) is 54.1 Å². The Morgan fingerprint density at radius 1 is 1.07 bits per heavy atom. The van der Waals surface area contributed by atoms with E-state index in [-0.39, 0.29) is 0 Å². The Morgan fingerprint density at radius 3 is 2.48 bits per heavy atom. The van der Waals surface area contributed by atoms with Crippen molar-refractivity contribution in [3.63, 3.8) is 0 Å². The van der Waals surface area contributed by atoms with Crippen molar-refractivity contribution in [2.45, 2.75) is 6.92 Å². The summed E-state index contributed by atoms with van der Waals surface area (Å²) >= 11 is 0. The molecule has 0 radical (unpaired) electrons. The zero-order chi connectivity index (χ0) is 19.1. The topological polar surface area (TPSA) is 60.3 Å². The Balaban J connectivity index is 1.45. The van der Waals surface area contributed by atoms with E-state index < -0.39 is 0 Å². The van der Waals surface area contributed by atoms with Gasteiger partial charge in [0, 0.05) is 33.2 Å². The number of hydrogen-bond donors (Lipinski definition) is 2. The number of anilines is 1. The largest absolute Gasteiger partial charge is 0.506 e. The van der Waals surface area contributed by atoms with Crippen molar-refractivity contribution >= 4 is 11.6 Å². The van der Waals surface area contributed by atoms with Gasteiger partial charge in [0.25, 0.3) is 0 Å². The standard InChI is InChI=1S/C21H28N4O2/c1-17-7-3-6-10-20(17)27-16-11-23-21(22-2)25-14-12-24(13-15-25)18-8-4-5-9-19(18)26/h3-10,26H,11-16H2,1-2H3,(H,22,23). The number of hydrogen-bond acceptors (Lipinski definition) is 4. The summed E-state index contributed by atoms with van der Waals surface area (Å²) in [5, 5.41) is 13.4. The molecule has 144 valence electrons. The second-order valence-electron chi connectivity index (χ2n) is 6.55. The van der Waals surface area contributed by atoms with Gasteiger partial charge in [0.1, 0.15) is 18.1 Å². The van der Waals surface area contributed by atoms with Gasteiger partial charge in [0.05, 0.1) is 12.2 Å². The number of aryl methyl sites for hydroxylation is 1. The first-order valence-electron chi connectivity index (χ1n) is 9.36. The fourth-order valence-electron chi connectivity index (χ4n) is 3.27. The first kappa shape index (κ1) is 18.9. The molecule has 0 unspecified atom stereocenters. The second-order valence-corrected chi connectivity index (χ2v) is 6.55. The molecular formula is C21H28N4O2. The number of aromatic hydroxyl groups is 1. The number of para-hydroxylation sites is 3. The molecule has 2 N–H and O–H groups in total. The van der Waals surface area contributed by atoms with Gasteiger partial charge in [-0.1, -0.05) is 30.3 Å².